The van der Waals surface area contributed by atoms with Crippen LogP contribution in [-0.2, 0) is 7.05 Å². The van der Waals surface area contributed by atoms with E-state index in [2.05, 4.69) is 38.1 Å². The minimum Gasteiger partial charge on any atom is -0.396 e. The number of aryl methyl sites for hydroxylation is 2. The van der Waals surface area contributed by atoms with Crippen LogP contribution < -0.4 is 5.32 Å². The third kappa shape index (κ3) is 3.54. The Morgan fingerprint density at radius 1 is 1.35 bits per heavy atom. The molecule has 0 spiro atoms. The summed E-state index contributed by atoms with van der Waals surface area (Å²) in [4.78, 5) is 0. The summed E-state index contributed by atoms with van der Waals surface area (Å²) in [5, 5.41) is 16.8. The van der Waals surface area contributed by atoms with Crippen LogP contribution in [-0.4, -0.2) is 28.0 Å². The minimum atomic E-state index is 0.266. The lowest BCUT2D eigenvalue weighted by Crippen LogP contribution is -2.25. The van der Waals surface area contributed by atoms with Crippen LogP contribution in [0.15, 0.2) is 0 Å². The molecule has 1 aromatic heterocycles. The molecule has 0 bridgehead atoms. The number of aliphatic hydroxyl groups excluding tert-OH is 1. The van der Waals surface area contributed by atoms with Crippen LogP contribution in [0.25, 0.3) is 0 Å². The topological polar surface area (TPSA) is 50.1 Å². The molecule has 0 aliphatic carbocycles. The van der Waals surface area contributed by atoms with Crippen molar-refractivity contribution in [2.45, 2.75) is 40.2 Å². The molecule has 1 aromatic rings. The molecule has 1 heterocycles. The highest BCUT2D eigenvalue weighted by Gasteiger charge is 2.16. The van der Waals surface area contributed by atoms with Gasteiger partial charge in [-0.15, -0.1) is 0 Å². The van der Waals surface area contributed by atoms with Gasteiger partial charge in [-0.3, -0.25) is 4.68 Å². The van der Waals surface area contributed by atoms with Gasteiger partial charge < -0.3 is 10.4 Å². The molecule has 17 heavy (non-hydrogen) atoms. The number of nitrogens with zero attached hydrogens (tertiary/aromatic N) is 2. The van der Waals surface area contributed by atoms with Gasteiger partial charge in [0.05, 0.1) is 5.69 Å². The Bertz CT molecular complexity index is 360. The van der Waals surface area contributed by atoms with Crippen molar-refractivity contribution in [3.63, 3.8) is 0 Å². The van der Waals surface area contributed by atoms with E-state index in [0.717, 1.165) is 18.7 Å². The molecule has 2 unspecified atom stereocenters. The van der Waals surface area contributed by atoms with Crippen molar-refractivity contribution < 1.29 is 5.11 Å². The highest BCUT2D eigenvalue weighted by atomic mass is 16.3. The molecule has 1 rings (SSSR count). The third-order valence-corrected chi connectivity index (χ3v) is 3.39. The Morgan fingerprint density at radius 3 is 2.47 bits per heavy atom. The van der Waals surface area contributed by atoms with E-state index in [1.54, 1.807) is 0 Å². The fourth-order valence-electron chi connectivity index (χ4n) is 2.22. The molecule has 0 aliphatic heterocycles. The van der Waals surface area contributed by atoms with Crippen LogP contribution in [0.1, 0.15) is 43.3 Å². The first kappa shape index (κ1) is 14.2. The van der Waals surface area contributed by atoms with E-state index >= 15 is 0 Å². The van der Waals surface area contributed by atoms with Crippen molar-refractivity contribution >= 4 is 0 Å². The summed E-state index contributed by atoms with van der Waals surface area (Å²) in [7, 11) is 1.98. The van der Waals surface area contributed by atoms with E-state index in [1.165, 1.54) is 11.3 Å². The predicted octanol–water partition coefficient (Wildman–Crippen LogP) is 1.71. The lowest BCUT2D eigenvalue weighted by atomic mass is 10.0. The normalized spacial score (nSPS) is 14.9. The van der Waals surface area contributed by atoms with Gasteiger partial charge in [-0.1, -0.05) is 6.92 Å². The van der Waals surface area contributed by atoms with Crippen LogP contribution in [0.3, 0.4) is 0 Å². The molecular formula is C13H25N3O. The summed E-state index contributed by atoms with van der Waals surface area (Å²) in [5.41, 5.74) is 3.61. The molecule has 2 atom stereocenters. The second-order valence-corrected chi connectivity index (χ2v) is 4.96. The number of aliphatic hydroxyl groups is 1. The average Bonchev–Trinajstić information content (AvgIpc) is 2.50. The molecule has 0 saturated carbocycles. The van der Waals surface area contributed by atoms with E-state index in [4.69, 9.17) is 5.11 Å². The first-order valence-corrected chi connectivity index (χ1v) is 6.31. The molecule has 4 nitrogen and oxygen atoms in total. The van der Waals surface area contributed by atoms with Gasteiger partial charge in [-0.05, 0) is 39.7 Å². The van der Waals surface area contributed by atoms with Gasteiger partial charge in [-0.25, -0.2) is 0 Å². The lowest BCUT2D eigenvalue weighted by Gasteiger charge is -2.18. The summed E-state index contributed by atoms with van der Waals surface area (Å²) >= 11 is 0. The van der Waals surface area contributed by atoms with Crippen molar-refractivity contribution in [2.75, 3.05) is 13.2 Å². The molecule has 0 amide bonds. The van der Waals surface area contributed by atoms with E-state index in [0.29, 0.717) is 12.0 Å². The zero-order valence-electron chi connectivity index (χ0n) is 11.6. The summed E-state index contributed by atoms with van der Waals surface area (Å²) in [5.74, 6) is 0.500. The Morgan fingerprint density at radius 2 is 2.00 bits per heavy atom. The Hall–Kier alpha value is -0.870. The van der Waals surface area contributed by atoms with Gasteiger partial charge in [0.15, 0.2) is 0 Å². The number of hydrogen-bond donors (Lipinski definition) is 2. The monoisotopic (exact) mass is 239 g/mol. The van der Waals surface area contributed by atoms with Crippen LogP contribution in [0.4, 0.5) is 0 Å². The molecule has 0 saturated heterocycles. The van der Waals surface area contributed by atoms with E-state index in [9.17, 15) is 0 Å². The second kappa shape index (κ2) is 6.17. The van der Waals surface area contributed by atoms with E-state index in [1.807, 2.05) is 11.7 Å². The fourth-order valence-corrected chi connectivity index (χ4v) is 2.22. The molecule has 0 aliphatic rings. The predicted molar refractivity (Wildman–Crippen MR) is 70.0 cm³/mol. The zero-order valence-corrected chi connectivity index (χ0v) is 11.6. The quantitative estimate of drug-likeness (QED) is 0.794. The summed E-state index contributed by atoms with van der Waals surface area (Å²) in [6.07, 6.45) is 0.852. The van der Waals surface area contributed by atoms with Crippen LogP contribution in [0.5, 0.6) is 0 Å². The van der Waals surface area contributed by atoms with Crippen molar-refractivity contribution in [2.24, 2.45) is 13.0 Å². The van der Waals surface area contributed by atoms with Crippen LogP contribution in [0, 0.1) is 19.8 Å². The standard InChI is InChI=1S/C13H25N3O/c1-9(6-7-17)8-14-10(2)13-11(3)15-16(5)12(13)4/h9-10,14,17H,6-8H2,1-5H3. The van der Waals surface area contributed by atoms with Crippen LogP contribution >= 0.6 is 0 Å². The SMILES string of the molecule is Cc1nn(C)c(C)c1C(C)NCC(C)CCO. The van der Waals surface area contributed by atoms with E-state index in [-0.39, 0.29) is 6.61 Å². The van der Waals surface area contributed by atoms with Crippen molar-refractivity contribution in [3.8, 4) is 0 Å². The number of rotatable bonds is 6. The first-order chi connectivity index (χ1) is 7.97. The first-order valence-electron chi connectivity index (χ1n) is 6.31. The van der Waals surface area contributed by atoms with Gasteiger partial charge in [0.2, 0.25) is 0 Å². The van der Waals surface area contributed by atoms with Crippen LogP contribution in [0.2, 0.25) is 0 Å². The van der Waals surface area contributed by atoms with Gasteiger partial charge in [0.25, 0.3) is 0 Å². The third-order valence-electron chi connectivity index (χ3n) is 3.39. The lowest BCUT2D eigenvalue weighted by molar-refractivity contribution is 0.258. The van der Waals surface area contributed by atoms with Crippen molar-refractivity contribution in [1.29, 1.82) is 0 Å². The molecular weight excluding hydrogens is 214 g/mol. The van der Waals surface area contributed by atoms with Gasteiger partial charge in [-0.2, -0.15) is 5.10 Å². The Labute approximate surface area is 104 Å². The van der Waals surface area contributed by atoms with Gasteiger partial charge in [0.1, 0.15) is 0 Å². The highest BCUT2D eigenvalue weighted by molar-refractivity contribution is 5.27. The van der Waals surface area contributed by atoms with E-state index < -0.39 is 0 Å². The maximum absolute atomic E-state index is 8.87. The Kier molecular flexibility index (Phi) is 5.15. The maximum atomic E-state index is 8.87. The summed E-state index contributed by atoms with van der Waals surface area (Å²) in [6.45, 7) is 9.67. The fraction of sp³-hybridized carbons (Fsp3) is 0.769. The molecule has 2 N–H and O–H groups in total. The number of hydrogen-bond acceptors (Lipinski definition) is 3. The second-order valence-electron chi connectivity index (χ2n) is 4.96. The molecule has 0 fully saturated rings. The minimum absolute atomic E-state index is 0.266. The zero-order chi connectivity index (χ0) is 13.0. The molecule has 0 radical (unpaired) electrons. The average molecular weight is 239 g/mol. The maximum Gasteiger partial charge on any atom is 0.0644 e. The number of nitrogens with one attached hydrogen (secondary N) is 1. The van der Waals surface area contributed by atoms with Gasteiger partial charge >= 0.3 is 0 Å². The number of aromatic nitrogens is 2. The Balaban J connectivity index is 2.61. The van der Waals surface area contributed by atoms with Crippen molar-refractivity contribution in [1.82, 2.24) is 15.1 Å². The summed E-state index contributed by atoms with van der Waals surface area (Å²) < 4.78 is 1.93. The molecule has 98 valence electrons. The molecule has 4 heteroatoms. The van der Waals surface area contributed by atoms with Gasteiger partial charge in [0, 0.05) is 31.0 Å². The summed E-state index contributed by atoms with van der Waals surface area (Å²) in [6, 6.07) is 0.310. The highest BCUT2D eigenvalue weighted by Crippen LogP contribution is 2.20. The smallest absolute Gasteiger partial charge is 0.0644 e. The van der Waals surface area contributed by atoms with Crippen molar-refractivity contribution in [3.05, 3.63) is 17.0 Å². The largest absolute Gasteiger partial charge is 0.396 e. The molecule has 0 aromatic carbocycles.